The van der Waals surface area contributed by atoms with E-state index in [4.69, 9.17) is 0 Å². The minimum Gasteiger partial charge on any atom is -0.351 e. The summed E-state index contributed by atoms with van der Waals surface area (Å²) < 4.78 is 15.3. The van der Waals surface area contributed by atoms with Gasteiger partial charge in [0.1, 0.15) is 11.5 Å². The summed E-state index contributed by atoms with van der Waals surface area (Å²) in [5, 5.41) is 10.4. The third kappa shape index (κ3) is 4.95. The molecule has 2 N–H and O–H groups in total. The number of H-pyrrole nitrogens is 1. The molecule has 0 aliphatic heterocycles. The second kappa shape index (κ2) is 9.68. The molecule has 2 amide bonds. The van der Waals surface area contributed by atoms with Gasteiger partial charge >= 0.3 is 0 Å². The van der Waals surface area contributed by atoms with Crippen molar-refractivity contribution >= 4 is 22.7 Å². The van der Waals surface area contributed by atoms with E-state index in [2.05, 4.69) is 15.5 Å². The molecule has 0 saturated heterocycles. The second-order valence-corrected chi connectivity index (χ2v) is 8.07. The molecular weight excluding hydrogens is 421 g/mol. The van der Waals surface area contributed by atoms with Gasteiger partial charge in [-0.2, -0.15) is 5.10 Å². The van der Waals surface area contributed by atoms with Gasteiger partial charge in [0.2, 0.25) is 0 Å². The zero-order chi connectivity index (χ0) is 23.4. The second-order valence-electron chi connectivity index (χ2n) is 8.07. The third-order valence-corrected chi connectivity index (χ3v) is 5.85. The number of fused-ring (bicyclic) bond motifs is 1. The fraction of sp³-hybridized carbons (Fsp3) is 0.240. The predicted molar refractivity (Wildman–Crippen MR) is 124 cm³/mol. The van der Waals surface area contributed by atoms with E-state index < -0.39 is 5.82 Å². The zero-order valence-electron chi connectivity index (χ0n) is 18.6. The summed E-state index contributed by atoms with van der Waals surface area (Å²) in [5.74, 6) is -0.813. The molecule has 2 aromatic carbocycles. The summed E-state index contributed by atoms with van der Waals surface area (Å²) in [4.78, 5) is 27.5. The quantitative estimate of drug-likeness (QED) is 0.433. The van der Waals surface area contributed by atoms with Crippen molar-refractivity contribution in [3.8, 4) is 0 Å². The van der Waals surface area contributed by atoms with Gasteiger partial charge in [0.05, 0.1) is 5.52 Å². The zero-order valence-corrected chi connectivity index (χ0v) is 18.6. The molecule has 0 fully saturated rings. The van der Waals surface area contributed by atoms with E-state index in [1.807, 2.05) is 49.6 Å². The number of nitrogens with zero attached hydrogens (tertiary/aromatic N) is 3. The average Bonchev–Trinajstić information content (AvgIpc) is 3.43. The molecule has 1 atom stereocenters. The topological polar surface area (TPSA) is 83.0 Å². The summed E-state index contributed by atoms with van der Waals surface area (Å²) in [6, 6.07) is 17.5. The van der Waals surface area contributed by atoms with Crippen molar-refractivity contribution in [1.82, 2.24) is 25.0 Å². The van der Waals surface area contributed by atoms with Gasteiger partial charge in [-0.3, -0.25) is 14.7 Å². The molecule has 8 heteroatoms. The molecule has 0 aliphatic rings. The first-order chi connectivity index (χ1) is 15.9. The van der Waals surface area contributed by atoms with Crippen molar-refractivity contribution < 1.29 is 14.0 Å². The molecule has 2 heterocycles. The smallest absolute Gasteiger partial charge is 0.274 e. The highest BCUT2D eigenvalue weighted by Crippen LogP contribution is 2.20. The van der Waals surface area contributed by atoms with Crippen molar-refractivity contribution in [2.24, 2.45) is 7.05 Å². The molecule has 0 bridgehead atoms. The maximum atomic E-state index is 13.5. The van der Waals surface area contributed by atoms with E-state index in [1.165, 1.54) is 12.1 Å². The number of benzene rings is 2. The Morgan fingerprint density at radius 3 is 2.67 bits per heavy atom. The van der Waals surface area contributed by atoms with Crippen LogP contribution in [0.15, 0.2) is 66.9 Å². The number of aromatic amines is 1. The molecule has 0 radical (unpaired) electrons. The Kier molecular flexibility index (Phi) is 6.53. The highest BCUT2D eigenvalue weighted by molar-refractivity contribution is 6.04. The molecule has 170 valence electrons. The van der Waals surface area contributed by atoms with Crippen LogP contribution in [0.5, 0.6) is 0 Å². The number of aryl methyl sites for hydroxylation is 1. The molecule has 0 saturated carbocycles. The molecule has 7 nitrogen and oxygen atoms in total. The summed E-state index contributed by atoms with van der Waals surface area (Å²) in [6.45, 7) is 0.408. The fourth-order valence-corrected chi connectivity index (χ4v) is 3.95. The number of rotatable bonds is 8. The molecule has 4 aromatic rings. The first kappa shape index (κ1) is 22.3. The molecule has 0 unspecified atom stereocenters. The van der Waals surface area contributed by atoms with Gasteiger partial charge in [0.15, 0.2) is 5.69 Å². The largest absolute Gasteiger partial charge is 0.351 e. The highest BCUT2D eigenvalue weighted by atomic mass is 19.1. The van der Waals surface area contributed by atoms with Crippen molar-refractivity contribution in [1.29, 1.82) is 0 Å². The maximum Gasteiger partial charge on any atom is 0.274 e. The van der Waals surface area contributed by atoms with Crippen LogP contribution in [0.25, 0.3) is 10.9 Å². The molecule has 2 aromatic heterocycles. The number of carbonyl (C=O) groups is 2. The van der Waals surface area contributed by atoms with Crippen LogP contribution in [0.1, 0.15) is 33.0 Å². The lowest BCUT2D eigenvalue weighted by Gasteiger charge is -2.28. The summed E-state index contributed by atoms with van der Waals surface area (Å²) in [5.41, 5.74) is 2.39. The Hall–Kier alpha value is -3.94. The van der Waals surface area contributed by atoms with Gasteiger partial charge in [-0.15, -0.1) is 0 Å². The summed E-state index contributed by atoms with van der Waals surface area (Å²) in [7, 11) is 3.55. The van der Waals surface area contributed by atoms with Gasteiger partial charge < -0.3 is 14.8 Å². The minimum atomic E-state index is -0.394. The van der Waals surface area contributed by atoms with Gasteiger partial charge in [-0.05, 0) is 48.7 Å². The molecule has 4 rings (SSSR count). The lowest BCUT2D eigenvalue weighted by molar-refractivity contribution is 0.0718. The fourth-order valence-electron chi connectivity index (χ4n) is 3.95. The Morgan fingerprint density at radius 1 is 1.15 bits per heavy atom. The van der Waals surface area contributed by atoms with Crippen LogP contribution in [-0.2, 0) is 13.5 Å². The van der Waals surface area contributed by atoms with Crippen LogP contribution < -0.4 is 5.32 Å². The number of carbonyl (C=O) groups excluding carboxylic acids is 2. The third-order valence-electron chi connectivity index (χ3n) is 5.85. The van der Waals surface area contributed by atoms with Gasteiger partial charge in [-0.25, -0.2) is 4.39 Å². The van der Waals surface area contributed by atoms with E-state index in [-0.39, 0.29) is 23.6 Å². The van der Waals surface area contributed by atoms with Gasteiger partial charge in [0.25, 0.3) is 11.8 Å². The predicted octanol–water partition coefficient (Wildman–Crippen LogP) is 3.54. The number of aromatic nitrogens is 3. The molecule has 33 heavy (non-hydrogen) atoms. The molecular formula is C25H26FN5O2. The highest BCUT2D eigenvalue weighted by Gasteiger charge is 2.25. The monoisotopic (exact) mass is 447 g/mol. The van der Waals surface area contributed by atoms with Crippen molar-refractivity contribution in [2.75, 3.05) is 13.6 Å². The number of likely N-dealkylation sites (N-methyl/N-ethyl adjacent to an activating group) is 1. The van der Waals surface area contributed by atoms with Crippen molar-refractivity contribution in [3.05, 3.63) is 89.6 Å². The number of hydrogen-bond acceptors (Lipinski definition) is 3. The first-order valence-corrected chi connectivity index (χ1v) is 10.8. The maximum absolute atomic E-state index is 13.5. The number of hydrogen-bond donors (Lipinski definition) is 2. The van der Waals surface area contributed by atoms with Crippen LogP contribution >= 0.6 is 0 Å². The summed E-state index contributed by atoms with van der Waals surface area (Å²) >= 11 is 0. The van der Waals surface area contributed by atoms with Crippen molar-refractivity contribution in [2.45, 2.75) is 18.9 Å². The Morgan fingerprint density at radius 2 is 1.94 bits per heavy atom. The van der Waals surface area contributed by atoms with Crippen LogP contribution in [0.4, 0.5) is 4.39 Å². The lowest BCUT2D eigenvalue weighted by Crippen LogP contribution is -2.41. The Labute approximate surface area is 191 Å². The van der Waals surface area contributed by atoms with Gasteiger partial charge in [-0.1, -0.05) is 30.3 Å². The number of halogens is 1. The normalized spacial score (nSPS) is 12.0. The van der Waals surface area contributed by atoms with E-state index in [0.717, 1.165) is 5.56 Å². The number of amides is 2. The molecule has 0 aliphatic carbocycles. The Bertz CT molecular complexity index is 1260. The number of nitrogens with one attached hydrogen (secondary N) is 2. The van der Waals surface area contributed by atoms with Gasteiger partial charge in [0, 0.05) is 38.3 Å². The molecule has 0 spiro atoms. The van der Waals surface area contributed by atoms with Crippen molar-refractivity contribution in [3.63, 3.8) is 0 Å². The summed E-state index contributed by atoms with van der Waals surface area (Å²) in [6.07, 6.45) is 3.00. The Balaban J connectivity index is 1.51. The first-order valence-electron chi connectivity index (χ1n) is 10.8. The lowest BCUT2D eigenvalue weighted by atomic mass is 10.0. The van der Waals surface area contributed by atoms with Crippen LogP contribution in [-0.4, -0.2) is 51.1 Å². The van der Waals surface area contributed by atoms with Crippen LogP contribution in [0.2, 0.25) is 0 Å². The van der Waals surface area contributed by atoms with E-state index in [9.17, 15) is 14.0 Å². The van der Waals surface area contributed by atoms with E-state index in [1.54, 1.807) is 28.6 Å². The van der Waals surface area contributed by atoms with Crippen LogP contribution in [0.3, 0.4) is 0 Å². The minimum absolute atomic E-state index is 0.157. The van der Waals surface area contributed by atoms with E-state index in [0.29, 0.717) is 36.0 Å². The standard InChI is InChI=1S/C25H26FN5O2/c1-30-14-6-9-22(30)24(32)27-13-12-19(15-17-7-4-3-5-8-17)31(2)25(33)23-20-11-10-18(26)16-21(20)28-29-23/h3-11,14,16,19H,12-13,15H2,1-2H3,(H,27,32)(H,28,29)/t19-/m1/s1. The average molecular weight is 448 g/mol. The SMILES string of the molecule is CN(C(=O)c1n[nH]c2cc(F)ccc12)[C@H](CCNC(=O)c1cccn1C)Cc1ccccc1. The van der Waals surface area contributed by atoms with E-state index >= 15 is 0 Å². The van der Waals surface area contributed by atoms with Crippen LogP contribution in [0, 0.1) is 5.82 Å².